The Morgan fingerprint density at radius 3 is 2.46 bits per heavy atom. The zero-order chi connectivity index (χ0) is 20.7. The first-order valence-electron chi connectivity index (χ1n) is 9.38. The number of rotatable bonds is 8. The van der Waals surface area contributed by atoms with Gasteiger partial charge in [0.05, 0.1) is 16.5 Å². The summed E-state index contributed by atoms with van der Waals surface area (Å²) in [7, 11) is 0. The molecule has 0 bridgehead atoms. The molecule has 0 aromatic heterocycles. The van der Waals surface area contributed by atoms with Crippen LogP contribution in [0.2, 0.25) is 10.0 Å². The minimum absolute atomic E-state index is 0.115. The van der Waals surface area contributed by atoms with Gasteiger partial charge < -0.3 is 10.2 Å². The fourth-order valence-electron chi connectivity index (χ4n) is 2.91. The molecule has 0 saturated heterocycles. The number of hydrogen-bond donors (Lipinski definition) is 1. The molecule has 6 heteroatoms. The van der Waals surface area contributed by atoms with Gasteiger partial charge in [-0.2, -0.15) is 0 Å². The van der Waals surface area contributed by atoms with Crippen molar-refractivity contribution in [3.05, 3.63) is 69.2 Å². The van der Waals surface area contributed by atoms with E-state index in [9.17, 15) is 9.59 Å². The van der Waals surface area contributed by atoms with Gasteiger partial charge in [-0.15, -0.1) is 0 Å². The van der Waals surface area contributed by atoms with Crippen LogP contribution in [-0.2, 0) is 22.6 Å². The van der Waals surface area contributed by atoms with Gasteiger partial charge in [0.25, 0.3) is 0 Å². The third kappa shape index (κ3) is 6.25. The zero-order valence-corrected chi connectivity index (χ0v) is 18.0. The third-order valence-corrected chi connectivity index (χ3v) is 5.23. The molecule has 0 unspecified atom stereocenters. The highest BCUT2D eigenvalue weighted by Gasteiger charge is 2.26. The first-order chi connectivity index (χ1) is 13.3. The summed E-state index contributed by atoms with van der Waals surface area (Å²) in [5.41, 5.74) is 2.84. The van der Waals surface area contributed by atoms with Crippen molar-refractivity contribution in [1.82, 2.24) is 10.2 Å². The standard InChI is InChI=1S/C22H26Cl2N2O2/c1-4-10-25-22(28)16(3)26(14-18-8-9-19(23)20(24)12-18)21(27)13-17-7-5-6-15(2)11-17/h5-9,11-12,16H,4,10,13-14H2,1-3H3,(H,25,28)/t16-/m1/s1. The van der Waals surface area contributed by atoms with Crippen molar-refractivity contribution in [2.45, 2.75) is 46.2 Å². The Kier molecular flexibility index (Phi) is 8.34. The Labute approximate surface area is 176 Å². The fraction of sp³-hybridized carbons (Fsp3) is 0.364. The molecule has 4 nitrogen and oxygen atoms in total. The Bertz CT molecular complexity index is 839. The number of aryl methyl sites for hydroxylation is 1. The normalized spacial score (nSPS) is 11.8. The molecule has 28 heavy (non-hydrogen) atoms. The van der Waals surface area contributed by atoms with Crippen LogP contribution >= 0.6 is 23.2 Å². The lowest BCUT2D eigenvalue weighted by Crippen LogP contribution is -2.48. The highest BCUT2D eigenvalue weighted by molar-refractivity contribution is 6.42. The average molecular weight is 421 g/mol. The van der Waals surface area contributed by atoms with E-state index in [2.05, 4.69) is 5.32 Å². The van der Waals surface area contributed by atoms with Crippen molar-refractivity contribution >= 4 is 35.0 Å². The third-order valence-electron chi connectivity index (χ3n) is 4.49. The van der Waals surface area contributed by atoms with E-state index in [1.165, 1.54) is 0 Å². The van der Waals surface area contributed by atoms with Crippen molar-refractivity contribution in [1.29, 1.82) is 0 Å². The lowest BCUT2D eigenvalue weighted by molar-refractivity contribution is -0.140. The second-order valence-electron chi connectivity index (χ2n) is 6.90. The Balaban J connectivity index is 2.24. The van der Waals surface area contributed by atoms with Gasteiger partial charge in [0, 0.05) is 13.1 Å². The number of nitrogens with one attached hydrogen (secondary N) is 1. The molecule has 0 radical (unpaired) electrons. The quantitative estimate of drug-likeness (QED) is 0.667. The molecular formula is C22H26Cl2N2O2. The highest BCUT2D eigenvalue weighted by Crippen LogP contribution is 2.24. The number of nitrogens with zero attached hydrogens (tertiary/aromatic N) is 1. The summed E-state index contributed by atoms with van der Waals surface area (Å²) in [6, 6.07) is 12.5. The van der Waals surface area contributed by atoms with Gasteiger partial charge in [-0.05, 0) is 43.5 Å². The minimum Gasteiger partial charge on any atom is -0.354 e. The first-order valence-corrected chi connectivity index (χ1v) is 10.1. The topological polar surface area (TPSA) is 49.4 Å². The van der Waals surface area contributed by atoms with E-state index < -0.39 is 6.04 Å². The SMILES string of the molecule is CCCNC(=O)[C@@H](C)N(Cc1ccc(Cl)c(Cl)c1)C(=O)Cc1cccc(C)c1. The highest BCUT2D eigenvalue weighted by atomic mass is 35.5. The molecule has 2 aromatic carbocycles. The van der Waals surface area contributed by atoms with Crippen molar-refractivity contribution in [2.24, 2.45) is 0 Å². The predicted octanol–water partition coefficient (Wildman–Crippen LogP) is 4.79. The number of halogens is 2. The summed E-state index contributed by atoms with van der Waals surface area (Å²) >= 11 is 12.1. The molecule has 0 aliphatic rings. The summed E-state index contributed by atoms with van der Waals surface area (Å²) in [6.45, 7) is 6.58. The number of hydrogen-bond acceptors (Lipinski definition) is 2. The van der Waals surface area contributed by atoms with Crippen LogP contribution < -0.4 is 5.32 Å². The fourth-order valence-corrected chi connectivity index (χ4v) is 3.23. The van der Waals surface area contributed by atoms with E-state index in [4.69, 9.17) is 23.2 Å². The molecule has 2 amide bonds. The molecule has 150 valence electrons. The lowest BCUT2D eigenvalue weighted by atomic mass is 10.1. The van der Waals surface area contributed by atoms with E-state index in [-0.39, 0.29) is 24.8 Å². The van der Waals surface area contributed by atoms with Gasteiger partial charge in [-0.25, -0.2) is 0 Å². The molecule has 0 saturated carbocycles. The van der Waals surface area contributed by atoms with Crippen LogP contribution in [0.15, 0.2) is 42.5 Å². The van der Waals surface area contributed by atoms with Gasteiger partial charge in [-0.3, -0.25) is 9.59 Å². The summed E-state index contributed by atoms with van der Waals surface area (Å²) in [5, 5.41) is 3.75. The van der Waals surface area contributed by atoms with Gasteiger partial charge >= 0.3 is 0 Å². The number of carbonyl (C=O) groups excluding carboxylic acids is 2. The van der Waals surface area contributed by atoms with Crippen molar-refractivity contribution in [3.8, 4) is 0 Å². The van der Waals surface area contributed by atoms with Crippen LogP contribution in [0.3, 0.4) is 0 Å². The largest absolute Gasteiger partial charge is 0.354 e. The Hall–Kier alpha value is -2.04. The van der Waals surface area contributed by atoms with Gasteiger partial charge in [0.1, 0.15) is 6.04 Å². The molecule has 1 N–H and O–H groups in total. The van der Waals surface area contributed by atoms with E-state index in [1.54, 1.807) is 24.0 Å². The predicted molar refractivity (Wildman–Crippen MR) is 115 cm³/mol. The molecule has 2 aromatic rings. The molecule has 0 spiro atoms. The summed E-state index contributed by atoms with van der Waals surface area (Å²) in [4.78, 5) is 27.2. The first kappa shape index (κ1) is 22.3. The Morgan fingerprint density at radius 1 is 1.07 bits per heavy atom. The molecule has 0 aliphatic heterocycles. The summed E-state index contributed by atoms with van der Waals surface area (Å²) in [5.74, 6) is -0.282. The molecular weight excluding hydrogens is 395 g/mol. The molecule has 0 fully saturated rings. The minimum atomic E-state index is -0.599. The summed E-state index contributed by atoms with van der Waals surface area (Å²) < 4.78 is 0. The van der Waals surface area contributed by atoms with E-state index >= 15 is 0 Å². The Morgan fingerprint density at radius 2 is 1.82 bits per heavy atom. The molecule has 0 heterocycles. The van der Waals surface area contributed by atoms with Crippen LogP contribution in [0.4, 0.5) is 0 Å². The average Bonchev–Trinajstić information content (AvgIpc) is 2.66. The van der Waals surface area contributed by atoms with E-state index in [1.807, 2.05) is 44.2 Å². The zero-order valence-electron chi connectivity index (χ0n) is 16.5. The van der Waals surface area contributed by atoms with Crippen LogP contribution in [0.1, 0.15) is 37.0 Å². The molecule has 1 atom stereocenters. The summed E-state index contributed by atoms with van der Waals surface area (Å²) in [6.07, 6.45) is 1.07. The monoisotopic (exact) mass is 420 g/mol. The second kappa shape index (κ2) is 10.5. The van der Waals surface area contributed by atoms with Gasteiger partial charge in [-0.1, -0.05) is 66.0 Å². The number of amides is 2. The lowest BCUT2D eigenvalue weighted by Gasteiger charge is -2.29. The second-order valence-corrected chi connectivity index (χ2v) is 7.72. The molecule has 0 aliphatic carbocycles. The van der Waals surface area contributed by atoms with Crippen molar-refractivity contribution in [3.63, 3.8) is 0 Å². The van der Waals surface area contributed by atoms with E-state index in [0.29, 0.717) is 16.6 Å². The smallest absolute Gasteiger partial charge is 0.242 e. The van der Waals surface area contributed by atoms with Crippen LogP contribution in [0.25, 0.3) is 0 Å². The van der Waals surface area contributed by atoms with Gasteiger partial charge in [0.2, 0.25) is 11.8 Å². The van der Waals surface area contributed by atoms with Crippen molar-refractivity contribution < 1.29 is 9.59 Å². The maximum Gasteiger partial charge on any atom is 0.242 e. The van der Waals surface area contributed by atoms with Crippen LogP contribution in [0.5, 0.6) is 0 Å². The van der Waals surface area contributed by atoms with Crippen LogP contribution in [0, 0.1) is 6.92 Å². The maximum atomic E-state index is 13.1. The maximum absolute atomic E-state index is 13.1. The number of benzene rings is 2. The molecule has 2 rings (SSSR count). The van der Waals surface area contributed by atoms with E-state index in [0.717, 1.165) is 23.1 Å². The van der Waals surface area contributed by atoms with Crippen molar-refractivity contribution in [2.75, 3.05) is 6.54 Å². The van der Waals surface area contributed by atoms with Crippen LogP contribution in [-0.4, -0.2) is 29.3 Å². The number of carbonyl (C=O) groups is 2. The van der Waals surface area contributed by atoms with Gasteiger partial charge in [0.15, 0.2) is 0 Å².